The van der Waals surface area contributed by atoms with E-state index in [2.05, 4.69) is 4.99 Å². The molecule has 0 aliphatic heterocycles. The second-order valence-electron chi connectivity index (χ2n) is 3.29. The summed E-state index contributed by atoms with van der Waals surface area (Å²) in [5.74, 6) is 1.28. The number of rotatable bonds is 2. The number of hydrogen-bond donors (Lipinski definition) is 1. The molecule has 1 saturated carbocycles. The van der Waals surface area contributed by atoms with Crippen molar-refractivity contribution >= 4 is 23.1 Å². The van der Waals surface area contributed by atoms with Gasteiger partial charge in [0, 0.05) is 10.9 Å². The number of halogens is 1. The van der Waals surface area contributed by atoms with Gasteiger partial charge in [-0.2, -0.15) is 0 Å². The third-order valence-electron chi connectivity index (χ3n) is 2.08. The standard InChI is InChI=1S/C10H11ClN2/c11-8-3-5-9(6-4-8)13-10(12)7-1-2-7/h3-7H,1-2H2,(H2,12,13). The van der Waals surface area contributed by atoms with Crippen molar-refractivity contribution in [1.29, 1.82) is 0 Å². The van der Waals surface area contributed by atoms with Crippen LogP contribution in [0.2, 0.25) is 5.02 Å². The number of hydrogen-bond acceptors (Lipinski definition) is 1. The molecule has 2 N–H and O–H groups in total. The summed E-state index contributed by atoms with van der Waals surface area (Å²) in [6.07, 6.45) is 2.37. The van der Waals surface area contributed by atoms with Crippen molar-refractivity contribution in [3.8, 4) is 0 Å². The van der Waals surface area contributed by atoms with Crippen molar-refractivity contribution in [3.05, 3.63) is 29.3 Å². The van der Waals surface area contributed by atoms with Gasteiger partial charge in [-0.3, -0.25) is 0 Å². The third kappa shape index (κ3) is 2.22. The molecule has 0 unspecified atom stereocenters. The molecule has 1 aromatic rings. The summed E-state index contributed by atoms with van der Waals surface area (Å²) in [5, 5.41) is 0.726. The van der Waals surface area contributed by atoms with Crippen molar-refractivity contribution in [1.82, 2.24) is 0 Å². The number of benzene rings is 1. The minimum absolute atomic E-state index is 0.524. The van der Waals surface area contributed by atoms with E-state index in [0.29, 0.717) is 5.92 Å². The van der Waals surface area contributed by atoms with Gasteiger partial charge in [0.05, 0.1) is 5.69 Å². The van der Waals surface area contributed by atoms with Gasteiger partial charge in [0.1, 0.15) is 5.84 Å². The van der Waals surface area contributed by atoms with E-state index in [9.17, 15) is 0 Å². The minimum Gasteiger partial charge on any atom is -0.387 e. The molecular formula is C10H11ClN2. The van der Waals surface area contributed by atoms with Gasteiger partial charge < -0.3 is 5.73 Å². The second-order valence-corrected chi connectivity index (χ2v) is 3.72. The van der Waals surface area contributed by atoms with E-state index < -0.39 is 0 Å². The smallest absolute Gasteiger partial charge is 0.103 e. The number of aliphatic imine (C=N–C) groups is 1. The number of nitrogens with two attached hydrogens (primary N) is 1. The molecule has 0 amide bonds. The SMILES string of the molecule is NC(=Nc1ccc(Cl)cc1)C1CC1. The lowest BCUT2D eigenvalue weighted by molar-refractivity contribution is 1.15. The first-order chi connectivity index (χ1) is 6.25. The molecule has 0 spiro atoms. The summed E-state index contributed by atoms with van der Waals surface area (Å²) in [6, 6.07) is 7.39. The fourth-order valence-corrected chi connectivity index (χ4v) is 1.26. The summed E-state index contributed by atoms with van der Waals surface area (Å²) in [6.45, 7) is 0. The molecule has 68 valence electrons. The van der Waals surface area contributed by atoms with Crippen molar-refractivity contribution < 1.29 is 0 Å². The van der Waals surface area contributed by atoms with Crippen LogP contribution < -0.4 is 5.73 Å². The van der Waals surface area contributed by atoms with Crippen LogP contribution in [-0.2, 0) is 0 Å². The summed E-state index contributed by atoms with van der Waals surface area (Å²) < 4.78 is 0. The number of nitrogens with zero attached hydrogens (tertiary/aromatic N) is 1. The van der Waals surface area contributed by atoms with Crippen LogP contribution in [0.3, 0.4) is 0 Å². The van der Waals surface area contributed by atoms with E-state index in [1.165, 1.54) is 12.8 Å². The molecule has 1 aliphatic rings. The molecule has 3 heteroatoms. The molecule has 1 aliphatic carbocycles. The van der Waals surface area contributed by atoms with Gasteiger partial charge in [0.2, 0.25) is 0 Å². The maximum atomic E-state index is 5.77. The van der Waals surface area contributed by atoms with E-state index in [4.69, 9.17) is 17.3 Å². The molecule has 0 atom stereocenters. The first kappa shape index (κ1) is 8.57. The minimum atomic E-state index is 0.524. The van der Waals surface area contributed by atoms with E-state index in [1.807, 2.05) is 24.3 Å². The monoisotopic (exact) mass is 194 g/mol. The molecule has 1 aromatic carbocycles. The molecular weight excluding hydrogens is 184 g/mol. The van der Waals surface area contributed by atoms with Crippen molar-refractivity contribution in [2.24, 2.45) is 16.6 Å². The van der Waals surface area contributed by atoms with Gasteiger partial charge in [0.25, 0.3) is 0 Å². The molecule has 0 saturated heterocycles. The topological polar surface area (TPSA) is 38.4 Å². The van der Waals surface area contributed by atoms with Crippen molar-refractivity contribution in [2.75, 3.05) is 0 Å². The Morgan fingerprint density at radius 1 is 1.31 bits per heavy atom. The molecule has 0 aromatic heterocycles. The zero-order valence-corrected chi connectivity index (χ0v) is 7.96. The van der Waals surface area contributed by atoms with E-state index >= 15 is 0 Å². The average molecular weight is 195 g/mol. The van der Waals surface area contributed by atoms with Crippen LogP contribution in [0, 0.1) is 5.92 Å². The van der Waals surface area contributed by atoms with Crippen molar-refractivity contribution in [2.45, 2.75) is 12.8 Å². The van der Waals surface area contributed by atoms with Gasteiger partial charge in [-0.25, -0.2) is 4.99 Å². The lowest BCUT2D eigenvalue weighted by Gasteiger charge is -1.97. The summed E-state index contributed by atoms with van der Waals surface area (Å²) in [7, 11) is 0. The van der Waals surface area contributed by atoms with Gasteiger partial charge >= 0.3 is 0 Å². The predicted octanol–water partition coefficient (Wildman–Crippen LogP) is 2.74. The van der Waals surface area contributed by atoms with Gasteiger partial charge in [0.15, 0.2) is 0 Å². The largest absolute Gasteiger partial charge is 0.387 e. The molecule has 0 heterocycles. The van der Waals surface area contributed by atoms with Crippen LogP contribution in [0.15, 0.2) is 29.3 Å². The Morgan fingerprint density at radius 3 is 2.46 bits per heavy atom. The van der Waals surface area contributed by atoms with Gasteiger partial charge in [-0.05, 0) is 37.1 Å². The second kappa shape index (κ2) is 3.38. The van der Waals surface area contributed by atoms with Gasteiger partial charge in [-0.1, -0.05) is 11.6 Å². The van der Waals surface area contributed by atoms with Crippen LogP contribution in [0.5, 0.6) is 0 Å². The van der Waals surface area contributed by atoms with Crippen molar-refractivity contribution in [3.63, 3.8) is 0 Å². The maximum Gasteiger partial charge on any atom is 0.103 e. The molecule has 0 radical (unpaired) electrons. The Kier molecular flexibility index (Phi) is 2.23. The van der Waals surface area contributed by atoms with Gasteiger partial charge in [-0.15, -0.1) is 0 Å². The van der Waals surface area contributed by atoms with Crippen LogP contribution in [0.4, 0.5) is 5.69 Å². The zero-order chi connectivity index (χ0) is 9.26. The third-order valence-corrected chi connectivity index (χ3v) is 2.33. The van der Waals surface area contributed by atoms with Crippen LogP contribution >= 0.6 is 11.6 Å². The number of amidine groups is 1. The fraction of sp³-hybridized carbons (Fsp3) is 0.300. The first-order valence-corrected chi connectivity index (χ1v) is 4.73. The lowest BCUT2D eigenvalue weighted by Crippen LogP contribution is -2.12. The van der Waals surface area contributed by atoms with Crippen LogP contribution in [0.1, 0.15) is 12.8 Å². The fourth-order valence-electron chi connectivity index (χ4n) is 1.14. The quantitative estimate of drug-likeness (QED) is 0.571. The highest BCUT2D eigenvalue weighted by Crippen LogP contribution is 2.30. The molecule has 2 nitrogen and oxygen atoms in total. The highest BCUT2D eigenvalue weighted by molar-refractivity contribution is 6.30. The van der Waals surface area contributed by atoms with E-state index in [1.54, 1.807) is 0 Å². The lowest BCUT2D eigenvalue weighted by atomic mass is 10.3. The van der Waals surface area contributed by atoms with E-state index in [-0.39, 0.29) is 0 Å². The highest BCUT2D eigenvalue weighted by Gasteiger charge is 2.25. The maximum absolute atomic E-state index is 5.77. The normalized spacial score (nSPS) is 17.5. The summed E-state index contributed by atoms with van der Waals surface area (Å²) in [4.78, 5) is 4.30. The van der Waals surface area contributed by atoms with Crippen LogP contribution in [0.25, 0.3) is 0 Å². The zero-order valence-electron chi connectivity index (χ0n) is 7.20. The molecule has 13 heavy (non-hydrogen) atoms. The predicted molar refractivity (Wildman–Crippen MR) is 55.5 cm³/mol. The Hall–Kier alpha value is -1.02. The Morgan fingerprint density at radius 2 is 1.92 bits per heavy atom. The Balaban J connectivity index is 2.16. The highest BCUT2D eigenvalue weighted by atomic mass is 35.5. The first-order valence-electron chi connectivity index (χ1n) is 4.35. The Labute approximate surface area is 82.4 Å². The average Bonchev–Trinajstić information content (AvgIpc) is 2.91. The molecule has 2 rings (SSSR count). The molecule has 0 bridgehead atoms. The van der Waals surface area contributed by atoms with E-state index in [0.717, 1.165) is 16.5 Å². The summed E-state index contributed by atoms with van der Waals surface area (Å²) in [5.41, 5.74) is 6.65. The molecule has 1 fully saturated rings. The Bertz CT molecular complexity index is 325. The summed E-state index contributed by atoms with van der Waals surface area (Å²) >= 11 is 5.74. The van der Waals surface area contributed by atoms with Crippen LogP contribution in [-0.4, -0.2) is 5.84 Å².